The molecule has 1 aromatic heterocycles. The minimum atomic E-state index is -0.355. The number of carbonyl (C=O) groups excluding carboxylic acids is 1. The fraction of sp³-hybridized carbons (Fsp3) is 0.200. The summed E-state index contributed by atoms with van der Waals surface area (Å²) in [7, 11) is 1.56. The molecule has 0 fully saturated rings. The van der Waals surface area contributed by atoms with Gasteiger partial charge in [0.1, 0.15) is 18.5 Å². The number of para-hydroxylation sites is 3. The van der Waals surface area contributed by atoms with E-state index in [1.807, 2.05) is 42.5 Å². The molecular formula is C20H18N2O5. The molecule has 138 valence electrons. The second-order valence-corrected chi connectivity index (χ2v) is 5.94. The molecule has 0 radical (unpaired) electrons. The van der Waals surface area contributed by atoms with E-state index < -0.39 is 0 Å². The van der Waals surface area contributed by atoms with E-state index in [9.17, 15) is 4.79 Å². The Hall–Kier alpha value is -3.48. The first-order chi connectivity index (χ1) is 13.3. The molecule has 1 N–H and O–H groups in total. The van der Waals surface area contributed by atoms with Crippen LogP contribution in [0.3, 0.4) is 0 Å². The van der Waals surface area contributed by atoms with Gasteiger partial charge >= 0.3 is 0 Å². The predicted octanol–water partition coefficient (Wildman–Crippen LogP) is 2.92. The van der Waals surface area contributed by atoms with E-state index in [1.165, 1.54) is 6.39 Å². The van der Waals surface area contributed by atoms with E-state index in [0.29, 0.717) is 35.2 Å². The van der Waals surface area contributed by atoms with Gasteiger partial charge in [-0.2, -0.15) is 0 Å². The van der Waals surface area contributed by atoms with Gasteiger partial charge in [0.2, 0.25) is 0 Å². The van der Waals surface area contributed by atoms with Crippen molar-refractivity contribution in [3.63, 3.8) is 0 Å². The number of rotatable bonds is 5. The normalized spacial score (nSPS) is 15.2. The first-order valence-corrected chi connectivity index (χ1v) is 8.50. The standard InChI is InChI=1S/C20H18N2O5/c1-24-15-7-3-2-6-14(15)19-18(22-12-26-19)20(23)21-10-13-11-25-16-8-4-5-9-17(16)27-13/h2-9,12-13H,10-11H2,1H3,(H,21,23). The summed E-state index contributed by atoms with van der Waals surface area (Å²) in [6, 6.07) is 14.7. The van der Waals surface area contributed by atoms with Crippen molar-refractivity contribution in [2.24, 2.45) is 0 Å². The van der Waals surface area contributed by atoms with Crippen molar-refractivity contribution in [2.75, 3.05) is 20.3 Å². The number of amides is 1. The zero-order chi connectivity index (χ0) is 18.6. The predicted molar refractivity (Wildman–Crippen MR) is 97.2 cm³/mol. The van der Waals surface area contributed by atoms with E-state index in [4.69, 9.17) is 18.6 Å². The topological polar surface area (TPSA) is 82.8 Å². The van der Waals surface area contributed by atoms with Crippen LogP contribution in [0, 0.1) is 0 Å². The number of fused-ring (bicyclic) bond motifs is 1. The van der Waals surface area contributed by atoms with E-state index in [2.05, 4.69) is 10.3 Å². The lowest BCUT2D eigenvalue weighted by atomic mass is 10.1. The number of oxazole rings is 1. The summed E-state index contributed by atoms with van der Waals surface area (Å²) in [5.74, 6) is 1.97. The van der Waals surface area contributed by atoms with Crippen molar-refractivity contribution in [1.82, 2.24) is 10.3 Å². The molecule has 4 rings (SSSR count). The van der Waals surface area contributed by atoms with Gasteiger partial charge < -0.3 is 23.9 Å². The Bertz CT molecular complexity index is 953. The maximum atomic E-state index is 12.6. The van der Waals surface area contributed by atoms with E-state index in [0.717, 1.165) is 0 Å². The molecule has 0 spiro atoms. The van der Waals surface area contributed by atoms with Crippen LogP contribution in [0.4, 0.5) is 0 Å². The number of aromatic nitrogens is 1. The quantitative estimate of drug-likeness (QED) is 0.748. The number of nitrogens with one attached hydrogen (secondary N) is 1. The summed E-state index contributed by atoms with van der Waals surface area (Å²) in [4.78, 5) is 16.7. The second-order valence-electron chi connectivity index (χ2n) is 5.94. The summed E-state index contributed by atoms with van der Waals surface area (Å²) < 4.78 is 22.3. The molecular weight excluding hydrogens is 348 g/mol. The minimum absolute atomic E-state index is 0.191. The number of hydrogen-bond acceptors (Lipinski definition) is 6. The zero-order valence-corrected chi connectivity index (χ0v) is 14.7. The minimum Gasteiger partial charge on any atom is -0.496 e. The maximum absolute atomic E-state index is 12.6. The van der Waals surface area contributed by atoms with Crippen LogP contribution in [0.2, 0.25) is 0 Å². The number of carbonyl (C=O) groups is 1. The Morgan fingerprint density at radius 3 is 2.81 bits per heavy atom. The van der Waals surface area contributed by atoms with Gasteiger partial charge in [0.15, 0.2) is 29.3 Å². The lowest BCUT2D eigenvalue weighted by Gasteiger charge is -2.26. The summed E-state index contributed by atoms with van der Waals surface area (Å²) in [5.41, 5.74) is 0.852. The van der Waals surface area contributed by atoms with Gasteiger partial charge in [-0.15, -0.1) is 0 Å². The third-order valence-corrected chi connectivity index (χ3v) is 4.19. The molecule has 0 saturated heterocycles. The Morgan fingerprint density at radius 1 is 1.19 bits per heavy atom. The van der Waals surface area contributed by atoms with Crippen molar-refractivity contribution < 1.29 is 23.4 Å². The van der Waals surface area contributed by atoms with Crippen molar-refractivity contribution in [2.45, 2.75) is 6.10 Å². The lowest BCUT2D eigenvalue weighted by Crippen LogP contribution is -2.40. The Kier molecular flexibility index (Phi) is 4.65. The molecule has 0 saturated carbocycles. The highest BCUT2D eigenvalue weighted by Gasteiger charge is 2.24. The van der Waals surface area contributed by atoms with Crippen LogP contribution in [0.5, 0.6) is 17.2 Å². The summed E-state index contributed by atoms with van der Waals surface area (Å²) >= 11 is 0. The third-order valence-electron chi connectivity index (χ3n) is 4.19. The van der Waals surface area contributed by atoms with Crippen molar-refractivity contribution in [3.8, 4) is 28.6 Å². The molecule has 1 aliphatic heterocycles. The fourth-order valence-electron chi connectivity index (χ4n) is 2.89. The molecule has 0 aliphatic carbocycles. The van der Waals surface area contributed by atoms with Gasteiger partial charge in [-0.3, -0.25) is 4.79 Å². The lowest BCUT2D eigenvalue weighted by molar-refractivity contribution is 0.0787. The smallest absolute Gasteiger partial charge is 0.274 e. The zero-order valence-electron chi connectivity index (χ0n) is 14.7. The average Bonchev–Trinajstić information content (AvgIpc) is 3.21. The van der Waals surface area contributed by atoms with E-state index in [-0.39, 0.29) is 24.2 Å². The average molecular weight is 366 g/mol. The van der Waals surface area contributed by atoms with Gasteiger partial charge in [0, 0.05) is 0 Å². The monoisotopic (exact) mass is 366 g/mol. The molecule has 7 heteroatoms. The number of methoxy groups -OCH3 is 1. The Labute approximate surface area is 155 Å². The van der Waals surface area contributed by atoms with Crippen molar-refractivity contribution in [1.29, 1.82) is 0 Å². The van der Waals surface area contributed by atoms with Gasteiger partial charge in [-0.05, 0) is 24.3 Å². The number of ether oxygens (including phenoxy) is 3. The van der Waals surface area contributed by atoms with E-state index in [1.54, 1.807) is 13.2 Å². The Balaban J connectivity index is 1.45. The number of nitrogens with zero attached hydrogens (tertiary/aromatic N) is 1. The highest BCUT2D eigenvalue weighted by Crippen LogP contribution is 2.32. The summed E-state index contributed by atoms with van der Waals surface area (Å²) in [5, 5.41) is 2.83. The van der Waals surface area contributed by atoms with Crippen LogP contribution >= 0.6 is 0 Å². The largest absolute Gasteiger partial charge is 0.496 e. The SMILES string of the molecule is COc1ccccc1-c1ocnc1C(=O)NCC1COc2ccccc2O1. The van der Waals surface area contributed by atoms with Gasteiger partial charge in [-0.1, -0.05) is 24.3 Å². The highest BCUT2D eigenvalue weighted by molar-refractivity contribution is 5.98. The van der Waals surface area contributed by atoms with Crippen LogP contribution in [-0.4, -0.2) is 37.3 Å². The first-order valence-electron chi connectivity index (χ1n) is 8.50. The summed E-state index contributed by atoms with van der Waals surface area (Å²) in [6.45, 7) is 0.640. The molecule has 0 bridgehead atoms. The molecule has 1 amide bonds. The van der Waals surface area contributed by atoms with Crippen LogP contribution in [-0.2, 0) is 0 Å². The van der Waals surface area contributed by atoms with Gasteiger partial charge in [0.05, 0.1) is 19.2 Å². The molecule has 27 heavy (non-hydrogen) atoms. The molecule has 1 atom stereocenters. The fourth-order valence-corrected chi connectivity index (χ4v) is 2.89. The summed E-state index contributed by atoms with van der Waals surface area (Å²) in [6.07, 6.45) is 0.957. The first kappa shape index (κ1) is 17.0. The molecule has 3 aromatic rings. The molecule has 2 heterocycles. The number of hydrogen-bond donors (Lipinski definition) is 1. The van der Waals surface area contributed by atoms with E-state index >= 15 is 0 Å². The maximum Gasteiger partial charge on any atom is 0.274 e. The molecule has 7 nitrogen and oxygen atoms in total. The highest BCUT2D eigenvalue weighted by atomic mass is 16.6. The van der Waals surface area contributed by atoms with Crippen LogP contribution in [0.1, 0.15) is 10.5 Å². The number of benzene rings is 2. The van der Waals surface area contributed by atoms with Gasteiger partial charge in [0.25, 0.3) is 5.91 Å². The van der Waals surface area contributed by atoms with Crippen molar-refractivity contribution in [3.05, 3.63) is 60.6 Å². The molecule has 1 aliphatic rings. The van der Waals surface area contributed by atoms with Crippen LogP contribution < -0.4 is 19.5 Å². The van der Waals surface area contributed by atoms with Crippen LogP contribution in [0.25, 0.3) is 11.3 Å². The second kappa shape index (κ2) is 7.41. The van der Waals surface area contributed by atoms with Gasteiger partial charge in [-0.25, -0.2) is 4.98 Å². The molecule has 1 unspecified atom stereocenters. The van der Waals surface area contributed by atoms with Crippen molar-refractivity contribution >= 4 is 5.91 Å². The third kappa shape index (κ3) is 3.44. The van der Waals surface area contributed by atoms with Crippen LogP contribution in [0.15, 0.2) is 59.3 Å². The Morgan fingerprint density at radius 2 is 1.96 bits per heavy atom. The molecule has 2 aromatic carbocycles.